The van der Waals surface area contributed by atoms with Crippen LogP contribution in [0.25, 0.3) is 0 Å². The summed E-state index contributed by atoms with van der Waals surface area (Å²) < 4.78 is 0. The number of ketones is 1. The first-order valence-corrected chi connectivity index (χ1v) is 29.4. The van der Waals surface area contributed by atoms with Crippen LogP contribution in [0, 0.1) is 0 Å². The van der Waals surface area contributed by atoms with E-state index < -0.39 is 29.9 Å². The van der Waals surface area contributed by atoms with Gasteiger partial charge in [-0.05, 0) is 103 Å². The highest BCUT2D eigenvalue weighted by atomic mass is 16.2. The van der Waals surface area contributed by atoms with Crippen molar-refractivity contribution in [3.63, 3.8) is 0 Å². The van der Waals surface area contributed by atoms with Crippen molar-refractivity contribution in [1.29, 1.82) is 0 Å². The van der Waals surface area contributed by atoms with Gasteiger partial charge in [-0.15, -0.1) is 0 Å². The zero-order valence-electron chi connectivity index (χ0n) is 45.7. The number of carbonyl (C=O) groups excluding carboxylic acids is 6. The summed E-state index contributed by atoms with van der Waals surface area (Å²) in [6.45, 7) is 7.91. The van der Waals surface area contributed by atoms with Crippen LogP contribution in [0.1, 0.15) is 284 Å². The lowest BCUT2D eigenvalue weighted by Gasteiger charge is -2.25. The molecule has 0 heterocycles. The molecule has 0 aromatic carbocycles. The molecule has 13 heteroatoms. The molecule has 0 radical (unpaired) electrons. The highest BCUT2D eigenvalue weighted by molar-refractivity contribution is 5.94. The number of hydrogen-bond donors (Lipinski definition) is 7. The summed E-state index contributed by atoms with van der Waals surface area (Å²) in [5.74, 6) is -1.17. The second-order valence-corrected chi connectivity index (χ2v) is 20.4. The molecule has 13 nitrogen and oxygen atoms in total. The number of nitrogens with two attached hydrogens (primary N) is 2. The summed E-state index contributed by atoms with van der Waals surface area (Å²) in [5, 5.41) is 14.8. The van der Waals surface area contributed by atoms with Crippen LogP contribution in [0.15, 0.2) is 0 Å². The van der Waals surface area contributed by atoms with Crippen LogP contribution >= 0.6 is 0 Å². The fourth-order valence-corrected chi connectivity index (χ4v) is 9.01. The SMILES string of the molecule is CCCCCCCCCCCCCCCC(=O)NCCCC[C@H](NC(=O)CCCCCCCCCCCCCCC)C(=O)N[C@@H](CCCCN)C(=O)N[C@@H](CCCCN)C(=O)NCCCCCC(C)=O. The maximum absolute atomic E-state index is 14.1. The molecule has 70 heavy (non-hydrogen) atoms. The average molecular weight is 991 g/mol. The third-order valence-electron chi connectivity index (χ3n) is 13.6. The largest absolute Gasteiger partial charge is 0.356 e. The first-order chi connectivity index (χ1) is 34.1. The minimum Gasteiger partial charge on any atom is -0.356 e. The van der Waals surface area contributed by atoms with Crippen molar-refractivity contribution < 1.29 is 28.8 Å². The lowest BCUT2D eigenvalue weighted by molar-refractivity contribution is -0.134. The van der Waals surface area contributed by atoms with Gasteiger partial charge in [0, 0.05) is 32.4 Å². The van der Waals surface area contributed by atoms with Crippen molar-refractivity contribution in [1.82, 2.24) is 26.6 Å². The van der Waals surface area contributed by atoms with E-state index in [0.29, 0.717) is 103 Å². The molecule has 0 spiro atoms. The zero-order valence-corrected chi connectivity index (χ0v) is 45.7. The van der Waals surface area contributed by atoms with Gasteiger partial charge in [-0.3, -0.25) is 24.0 Å². The van der Waals surface area contributed by atoms with Gasteiger partial charge in [0.25, 0.3) is 0 Å². The zero-order chi connectivity index (χ0) is 51.6. The summed E-state index contributed by atoms with van der Waals surface area (Å²) in [7, 11) is 0. The molecule has 0 aliphatic heterocycles. The predicted molar refractivity (Wildman–Crippen MR) is 291 cm³/mol. The molecule has 0 aromatic rings. The van der Waals surface area contributed by atoms with E-state index in [9.17, 15) is 28.8 Å². The fraction of sp³-hybridized carbons (Fsp3) is 0.895. The predicted octanol–water partition coefficient (Wildman–Crippen LogP) is 11.2. The van der Waals surface area contributed by atoms with Gasteiger partial charge in [-0.25, -0.2) is 0 Å². The van der Waals surface area contributed by atoms with Gasteiger partial charge in [0.05, 0.1) is 0 Å². The number of amides is 5. The summed E-state index contributed by atoms with van der Waals surface area (Å²) >= 11 is 0. The van der Waals surface area contributed by atoms with Crippen molar-refractivity contribution in [2.75, 3.05) is 26.2 Å². The van der Waals surface area contributed by atoms with Gasteiger partial charge >= 0.3 is 0 Å². The Morgan fingerprint density at radius 3 is 1.06 bits per heavy atom. The molecule has 5 amide bonds. The van der Waals surface area contributed by atoms with Crippen LogP contribution in [0.3, 0.4) is 0 Å². The van der Waals surface area contributed by atoms with E-state index in [0.717, 1.165) is 51.4 Å². The second-order valence-electron chi connectivity index (χ2n) is 20.4. The number of nitrogens with one attached hydrogen (secondary N) is 5. The van der Waals surface area contributed by atoms with Crippen LogP contribution in [0.4, 0.5) is 0 Å². The minimum absolute atomic E-state index is 0.0504. The van der Waals surface area contributed by atoms with E-state index in [1.807, 2.05) is 0 Å². The van der Waals surface area contributed by atoms with Crippen molar-refractivity contribution in [3.8, 4) is 0 Å². The van der Waals surface area contributed by atoms with Gasteiger partial charge in [-0.2, -0.15) is 0 Å². The first-order valence-electron chi connectivity index (χ1n) is 29.4. The Labute approximate surface area is 429 Å². The summed E-state index contributed by atoms with van der Waals surface area (Å²) in [5.41, 5.74) is 11.6. The average Bonchev–Trinajstić information content (AvgIpc) is 3.34. The molecule has 0 aliphatic rings. The van der Waals surface area contributed by atoms with Crippen LogP contribution in [0.2, 0.25) is 0 Å². The van der Waals surface area contributed by atoms with Gasteiger partial charge in [0.15, 0.2) is 0 Å². The Morgan fingerprint density at radius 2 is 0.643 bits per heavy atom. The fourth-order valence-electron chi connectivity index (χ4n) is 9.01. The van der Waals surface area contributed by atoms with Gasteiger partial charge in [0.2, 0.25) is 29.5 Å². The Morgan fingerprint density at radius 1 is 0.329 bits per heavy atom. The third-order valence-corrected chi connectivity index (χ3v) is 13.6. The molecule has 0 unspecified atom stereocenters. The Bertz CT molecular complexity index is 1290. The molecule has 0 aliphatic carbocycles. The van der Waals surface area contributed by atoms with Crippen molar-refractivity contribution >= 4 is 35.3 Å². The summed E-state index contributed by atoms with van der Waals surface area (Å²) in [4.78, 5) is 78.7. The Hall–Kier alpha value is -3.06. The molecule has 0 rings (SSSR count). The monoisotopic (exact) mass is 990 g/mol. The molecule has 3 atom stereocenters. The summed E-state index contributed by atoms with van der Waals surface area (Å²) in [6.07, 6.45) is 40.8. The maximum Gasteiger partial charge on any atom is 0.243 e. The molecule has 0 bridgehead atoms. The third kappa shape index (κ3) is 43.7. The number of Topliss-reactive ketones (excluding diaryl/α,β-unsaturated/α-hetero) is 1. The summed E-state index contributed by atoms with van der Waals surface area (Å²) in [6, 6.07) is -2.59. The molecule has 0 saturated heterocycles. The van der Waals surface area contributed by atoms with E-state index in [4.69, 9.17) is 11.5 Å². The molecule has 0 saturated carbocycles. The molecule has 9 N–H and O–H groups in total. The van der Waals surface area contributed by atoms with E-state index in [-0.39, 0.29) is 23.5 Å². The highest BCUT2D eigenvalue weighted by Gasteiger charge is 2.29. The molecule has 410 valence electrons. The molecule has 0 fully saturated rings. The molecular formula is C57H111N7O6. The quantitative estimate of drug-likeness (QED) is 0.0290. The minimum atomic E-state index is -0.930. The Kier molecular flexibility index (Phi) is 48.6. The van der Waals surface area contributed by atoms with Gasteiger partial charge in [0.1, 0.15) is 23.9 Å². The molecule has 0 aromatic heterocycles. The van der Waals surface area contributed by atoms with Gasteiger partial charge < -0.3 is 42.8 Å². The number of unbranched alkanes of at least 4 members (excludes halogenated alkanes) is 29. The van der Waals surface area contributed by atoms with Crippen molar-refractivity contribution in [2.45, 2.75) is 302 Å². The maximum atomic E-state index is 14.1. The second kappa shape index (κ2) is 50.9. The standard InChI is InChI=1S/C57H111N7O6/c1-4-6-8-10-12-14-16-18-20-22-24-26-30-43-53(66)60-47-38-34-42-51(62-54(67)44-31-27-25-23-21-19-17-15-13-11-9-7-5-2)56(69)64-52(41-33-36-46-59)57(70)63-50(40-32-35-45-58)55(68)61-48-37-28-29-39-49(3)65/h50-52H,4-48,58-59H2,1-3H3,(H,60,66)(H,61,68)(H,62,67)(H,63,70)(H,64,69)/t50-,51-,52-/m0/s1. The Balaban J connectivity index is 5.34. The van der Waals surface area contributed by atoms with Gasteiger partial charge in [-0.1, -0.05) is 174 Å². The normalized spacial score (nSPS) is 12.5. The van der Waals surface area contributed by atoms with E-state index in [2.05, 4.69) is 40.4 Å². The topological polar surface area (TPSA) is 215 Å². The van der Waals surface area contributed by atoms with Crippen molar-refractivity contribution in [2.24, 2.45) is 11.5 Å². The van der Waals surface area contributed by atoms with Crippen LogP contribution < -0.4 is 38.1 Å². The van der Waals surface area contributed by atoms with Crippen LogP contribution in [-0.2, 0) is 28.8 Å². The lowest BCUT2D eigenvalue weighted by atomic mass is 10.0. The van der Waals surface area contributed by atoms with E-state index in [1.165, 1.54) is 135 Å². The number of hydrogen-bond acceptors (Lipinski definition) is 8. The van der Waals surface area contributed by atoms with Crippen molar-refractivity contribution in [3.05, 3.63) is 0 Å². The number of carbonyl (C=O) groups is 6. The smallest absolute Gasteiger partial charge is 0.243 e. The van der Waals surface area contributed by atoms with E-state index in [1.54, 1.807) is 6.92 Å². The van der Waals surface area contributed by atoms with Crippen LogP contribution in [-0.4, -0.2) is 79.6 Å². The molecular weight excluding hydrogens is 879 g/mol. The lowest BCUT2D eigenvalue weighted by Crippen LogP contribution is -2.56. The van der Waals surface area contributed by atoms with E-state index >= 15 is 0 Å². The van der Waals surface area contributed by atoms with Crippen LogP contribution in [0.5, 0.6) is 0 Å². The number of rotatable bonds is 53. The first kappa shape index (κ1) is 66.9. The highest BCUT2D eigenvalue weighted by Crippen LogP contribution is 2.16.